The van der Waals surface area contributed by atoms with Crippen LogP contribution >= 0.6 is 0 Å². The van der Waals surface area contributed by atoms with Crippen molar-refractivity contribution < 1.29 is 19.4 Å². The maximum atomic E-state index is 12.3. The Bertz CT molecular complexity index is 1420. The van der Waals surface area contributed by atoms with E-state index in [1.54, 1.807) is 18.5 Å². The Labute approximate surface area is 254 Å². The van der Waals surface area contributed by atoms with Crippen LogP contribution in [0.25, 0.3) is 0 Å². The standard InChI is InChI=1S/C36H43N3O4/c1-42-35(41)28-8-10-33(40)31(16-28)39-34(32-20-37-22-38-32)30-9-7-24(15-29(30)14-23-5-3-2-4-6-23)21-43-36-17-25-11-26(18-36)13-27(12-25)19-36/h2-6,8,10,16,20,22,24-27,29-30,40H,7,9,11-15,17-19,21H2,1H3,(H,37,38). The van der Waals surface area contributed by atoms with Crippen molar-refractivity contribution in [3.8, 4) is 5.75 Å². The lowest BCUT2D eigenvalue weighted by Gasteiger charge is -2.56. The number of nitrogens with zero attached hydrogens (tertiary/aromatic N) is 2. The molecule has 0 radical (unpaired) electrons. The van der Waals surface area contributed by atoms with Crippen LogP contribution in [-0.4, -0.2) is 46.1 Å². The molecule has 2 N–H and O–H groups in total. The number of esters is 1. The van der Waals surface area contributed by atoms with Crippen molar-refractivity contribution in [3.05, 3.63) is 77.9 Å². The summed E-state index contributed by atoms with van der Waals surface area (Å²) in [6.07, 6.45) is 15.6. The molecule has 1 heterocycles. The molecular formula is C36H43N3O4. The van der Waals surface area contributed by atoms with Gasteiger partial charge in [0.1, 0.15) is 11.4 Å². The van der Waals surface area contributed by atoms with E-state index in [1.165, 1.54) is 57.3 Å². The highest BCUT2D eigenvalue weighted by molar-refractivity contribution is 6.03. The lowest BCUT2D eigenvalue weighted by atomic mass is 9.54. The topological polar surface area (TPSA) is 96.8 Å². The molecule has 7 nitrogen and oxygen atoms in total. The van der Waals surface area contributed by atoms with Gasteiger partial charge in [-0.15, -0.1) is 0 Å². The SMILES string of the molecule is COC(=O)c1ccc(O)c(N=C(c2cnc[nH]2)C2CCC(COC34CC5CC(CC(C5)C3)C4)CC2Cc2ccccc2)c1. The van der Waals surface area contributed by atoms with Gasteiger partial charge in [-0.2, -0.15) is 0 Å². The molecule has 3 unspecified atom stereocenters. The second-order valence-corrected chi connectivity index (χ2v) is 13.8. The van der Waals surface area contributed by atoms with Gasteiger partial charge in [0.15, 0.2) is 0 Å². The number of carbonyl (C=O) groups is 1. The number of hydrogen-bond acceptors (Lipinski definition) is 6. The zero-order valence-electron chi connectivity index (χ0n) is 25.1. The van der Waals surface area contributed by atoms with Crippen molar-refractivity contribution in [2.75, 3.05) is 13.7 Å². The summed E-state index contributed by atoms with van der Waals surface area (Å²) in [6, 6.07) is 15.4. The maximum Gasteiger partial charge on any atom is 0.337 e. The minimum atomic E-state index is -0.457. The van der Waals surface area contributed by atoms with Crippen LogP contribution in [0.1, 0.15) is 79.4 Å². The predicted molar refractivity (Wildman–Crippen MR) is 166 cm³/mol. The summed E-state index contributed by atoms with van der Waals surface area (Å²) in [7, 11) is 1.35. The molecule has 1 aromatic heterocycles. The summed E-state index contributed by atoms with van der Waals surface area (Å²) in [5.41, 5.74) is 3.88. The number of aromatic nitrogens is 2. The van der Waals surface area contributed by atoms with E-state index in [1.807, 2.05) is 6.20 Å². The van der Waals surface area contributed by atoms with Crippen LogP contribution in [0.2, 0.25) is 0 Å². The quantitative estimate of drug-likeness (QED) is 0.204. The van der Waals surface area contributed by atoms with Crippen LogP contribution in [-0.2, 0) is 15.9 Å². The van der Waals surface area contributed by atoms with E-state index in [4.69, 9.17) is 14.5 Å². The predicted octanol–water partition coefficient (Wildman–Crippen LogP) is 7.28. The summed E-state index contributed by atoms with van der Waals surface area (Å²) >= 11 is 0. The van der Waals surface area contributed by atoms with Gasteiger partial charge in [0, 0.05) is 5.92 Å². The highest BCUT2D eigenvalue weighted by atomic mass is 16.5. The largest absolute Gasteiger partial charge is 0.506 e. The number of ether oxygens (including phenoxy) is 2. The van der Waals surface area contributed by atoms with E-state index >= 15 is 0 Å². The van der Waals surface area contributed by atoms with Crippen LogP contribution in [0.3, 0.4) is 0 Å². The van der Waals surface area contributed by atoms with Gasteiger partial charge in [-0.25, -0.2) is 14.8 Å². The number of aromatic hydroxyl groups is 1. The third-order valence-corrected chi connectivity index (χ3v) is 10.8. The number of nitrogens with one attached hydrogen (secondary N) is 1. The lowest BCUT2D eigenvalue weighted by Crippen LogP contribution is -2.52. The number of methoxy groups -OCH3 is 1. The zero-order chi connectivity index (χ0) is 29.4. The third-order valence-electron chi connectivity index (χ3n) is 10.8. The molecule has 5 aliphatic rings. The number of aliphatic imine (C=N–C) groups is 1. The summed E-state index contributed by atoms with van der Waals surface area (Å²) in [5.74, 6) is 3.23. The van der Waals surface area contributed by atoms with Gasteiger partial charge in [0.05, 0.1) is 48.8 Å². The fourth-order valence-corrected chi connectivity index (χ4v) is 9.24. The molecule has 0 spiro atoms. The van der Waals surface area contributed by atoms with Crippen molar-refractivity contribution in [3.63, 3.8) is 0 Å². The molecule has 226 valence electrons. The van der Waals surface area contributed by atoms with Crippen molar-refractivity contribution in [2.45, 2.75) is 69.8 Å². The number of H-pyrrole nitrogens is 1. The Morgan fingerprint density at radius 3 is 2.44 bits per heavy atom. The van der Waals surface area contributed by atoms with Crippen molar-refractivity contribution in [2.24, 2.45) is 40.5 Å². The van der Waals surface area contributed by atoms with Crippen molar-refractivity contribution in [1.29, 1.82) is 0 Å². The molecule has 5 saturated carbocycles. The van der Waals surface area contributed by atoms with E-state index in [2.05, 4.69) is 40.3 Å². The fraction of sp³-hybridized carbons (Fsp3) is 0.528. The Morgan fingerprint density at radius 2 is 1.77 bits per heavy atom. The molecule has 8 rings (SSSR count). The summed E-state index contributed by atoms with van der Waals surface area (Å²) in [6.45, 7) is 0.850. The first kappa shape index (κ1) is 28.3. The number of carbonyl (C=O) groups excluding carboxylic acids is 1. The zero-order valence-corrected chi connectivity index (χ0v) is 25.1. The Balaban J connectivity index is 1.16. The summed E-state index contributed by atoms with van der Waals surface area (Å²) < 4.78 is 11.9. The average Bonchev–Trinajstić information content (AvgIpc) is 3.54. The molecular weight excluding hydrogens is 538 g/mol. The number of benzene rings is 2. The number of aromatic amines is 1. The molecule has 0 amide bonds. The molecule has 5 aliphatic carbocycles. The first-order valence-corrected chi connectivity index (χ1v) is 16.1. The number of phenols is 1. The van der Waals surface area contributed by atoms with Gasteiger partial charge >= 0.3 is 5.97 Å². The van der Waals surface area contributed by atoms with E-state index < -0.39 is 5.97 Å². The van der Waals surface area contributed by atoms with Gasteiger partial charge in [-0.3, -0.25) is 0 Å². The normalized spacial score (nSPS) is 31.7. The van der Waals surface area contributed by atoms with E-state index in [9.17, 15) is 9.90 Å². The average molecular weight is 582 g/mol. The number of rotatable bonds is 9. The first-order valence-electron chi connectivity index (χ1n) is 16.1. The number of phenolic OH excluding ortho intramolecular Hbond substituents is 1. The molecule has 5 fully saturated rings. The first-order chi connectivity index (χ1) is 21.0. The molecule has 3 atom stereocenters. The smallest absolute Gasteiger partial charge is 0.337 e. The van der Waals surface area contributed by atoms with Crippen LogP contribution in [0.15, 0.2) is 66.0 Å². The highest BCUT2D eigenvalue weighted by Gasteiger charge is 2.52. The monoisotopic (exact) mass is 581 g/mol. The second kappa shape index (κ2) is 11.9. The van der Waals surface area contributed by atoms with Crippen molar-refractivity contribution in [1.82, 2.24) is 9.97 Å². The second-order valence-electron chi connectivity index (χ2n) is 13.8. The summed E-state index contributed by atoms with van der Waals surface area (Å²) in [4.78, 5) is 24.9. The Morgan fingerprint density at radius 1 is 1.02 bits per heavy atom. The number of imidazole rings is 1. The Kier molecular flexibility index (Phi) is 7.85. The van der Waals surface area contributed by atoms with Gasteiger partial charge < -0.3 is 19.6 Å². The Hall–Kier alpha value is -3.45. The lowest BCUT2D eigenvalue weighted by molar-refractivity contribution is -0.171. The molecule has 43 heavy (non-hydrogen) atoms. The van der Waals surface area contributed by atoms with E-state index in [0.29, 0.717) is 23.1 Å². The van der Waals surface area contributed by atoms with Crippen LogP contribution in [0.5, 0.6) is 5.75 Å². The van der Waals surface area contributed by atoms with Gasteiger partial charge in [-0.1, -0.05) is 30.3 Å². The van der Waals surface area contributed by atoms with Crippen molar-refractivity contribution >= 4 is 17.4 Å². The molecule has 7 heteroatoms. The molecule has 3 aromatic rings. The minimum Gasteiger partial charge on any atom is -0.506 e. The van der Waals surface area contributed by atoms with Crippen LogP contribution in [0.4, 0.5) is 5.69 Å². The minimum absolute atomic E-state index is 0.0296. The maximum absolute atomic E-state index is 12.3. The van der Waals surface area contributed by atoms with Gasteiger partial charge in [-0.05, 0) is 118 Å². The molecule has 2 aromatic carbocycles. The molecule has 0 aliphatic heterocycles. The summed E-state index contributed by atoms with van der Waals surface area (Å²) in [5, 5.41) is 10.8. The number of hydrogen-bond donors (Lipinski definition) is 2. The van der Waals surface area contributed by atoms with E-state index in [-0.39, 0.29) is 17.3 Å². The van der Waals surface area contributed by atoms with Gasteiger partial charge in [0.25, 0.3) is 0 Å². The van der Waals surface area contributed by atoms with Crippen LogP contribution < -0.4 is 0 Å². The van der Waals surface area contributed by atoms with E-state index in [0.717, 1.165) is 61.4 Å². The third kappa shape index (κ3) is 6.01. The fourth-order valence-electron chi connectivity index (χ4n) is 9.24. The molecule has 4 bridgehead atoms. The van der Waals surface area contributed by atoms with Crippen LogP contribution in [0, 0.1) is 35.5 Å². The molecule has 0 saturated heterocycles. The highest BCUT2D eigenvalue weighted by Crippen LogP contribution is 2.57. The van der Waals surface area contributed by atoms with Gasteiger partial charge in [0.2, 0.25) is 0 Å².